The molecule has 1 aromatic carbocycles. The van der Waals surface area contributed by atoms with E-state index >= 15 is 0 Å². The summed E-state index contributed by atoms with van der Waals surface area (Å²) < 4.78 is 11.4. The van der Waals surface area contributed by atoms with Crippen LogP contribution in [0.5, 0.6) is 5.75 Å². The zero-order chi connectivity index (χ0) is 16.9. The normalized spacial score (nSPS) is 21.7. The predicted molar refractivity (Wildman–Crippen MR) is 88.4 cm³/mol. The number of hydrogen-bond acceptors (Lipinski definition) is 4. The lowest BCUT2D eigenvalue weighted by molar-refractivity contribution is 0.0239. The summed E-state index contributed by atoms with van der Waals surface area (Å²) in [6.07, 6.45) is 3.69. The van der Waals surface area contributed by atoms with Crippen LogP contribution in [-0.2, 0) is 4.74 Å². The highest BCUT2D eigenvalue weighted by atomic mass is 16.6. The van der Waals surface area contributed by atoms with Gasteiger partial charge in [0.1, 0.15) is 17.5 Å². The molecule has 2 atom stereocenters. The molecule has 1 aliphatic heterocycles. The molecular formula is C18H25NO4. The van der Waals surface area contributed by atoms with Crippen molar-refractivity contribution in [1.29, 1.82) is 0 Å². The van der Waals surface area contributed by atoms with Crippen LogP contribution in [0.2, 0.25) is 0 Å². The summed E-state index contributed by atoms with van der Waals surface area (Å²) in [6.45, 7) is 5.94. The Morgan fingerprint density at radius 1 is 1.35 bits per heavy atom. The number of rotatable bonds is 4. The minimum Gasteiger partial charge on any atom is -0.488 e. The number of hydrogen-bond donors (Lipinski definition) is 1. The van der Waals surface area contributed by atoms with Crippen molar-refractivity contribution in [3.05, 3.63) is 42.5 Å². The lowest BCUT2D eigenvalue weighted by atomic mass is 10.2. The van der Waals surface area contributed by atoms with Gasteiger partial charge in [0.2, 0.25) is 0 Å². The van der Waals surface area contributed by atoms with Crippen molar-refractivity contribution >= 4 is 6.09 Å². The highest BCUT2D eigenvalue weighted by Crippen LogP contribution is 2.25. The molecule has 0 bridgehead atoms. The van der Waals surface area contributed by atoms with E-state index in [0.717, 1.165) is 5.75 Å². The van der Waals surface area contributed by atoms with Crippen molar-refractivity contribution in [2.24, 2.45) is 0 Å². The zero-order valence-electron chi connectivity index (χ0n) is 13.9. The number of aliphatic hydroxyl groups is 1. The van der Waals surface area contributed by atoms with Crippen LogP contribution in [0.1, 0.15) is 27.2 Å². The van der Waals surface area contributed by atoms with E-state index in [4.69, 9.17) is 14.6 Å². The third-order valence-corrected chi connectivity index (χ3v) is 3.44. The number of para-hydroxylation sites is 1. The Kier molecular flexibility index (Phi) is 5.66. The van der Waals surface area contributed by atoms with E-state index in [1.165, 1.54) is 0 Å². The van der Waals surface area contributed by atoms with Crippen LogP contribution in [0.25, 0.3) is 0 Å². The Morgan fingerprint density at radius 3 is 2.65 bits per heavy atom. The largest absolute Gasteiger partial charge is 0.488 e. The zero-order valence-corrected chi connectivity index (χ0v) is 13.9. The maximum atomic E-state index is 12.4. The first-order valence-electron chi connectivity index (χ1n) is 7.88. The fourth-order valence-electron chi connectivity index (χ4n) is 2.53. The molecule has 1 heterocycles. The number of nitrogens with zero attached hydrogens (tertiary/aromatic N) is 1. The summed E-state index contributed by atoms with van der Waals surface area (Å²) in [5, 5.41) is 8.99. The highest BCUT2D eigenvalue weighted by Gasteiger charge is 2.37. The second-order valence-electron chi connectivity index (χ2n) is 6.60. The van der Waals surface area contributed by atoms with Gasteiger partial charge in [0.15, 0.2) is 0 Å². The van der Waals surface area contributed by atoms with Gasteiger partial charge < -0.3 is 14.6 Å². The van der Waals surface area contributed by atoms with Crippen molar-refractivity contribution in [1.82, 2.24) is 4.90 Å². The van der Waals surface area contributed by atoms with Crippen molar-refractivity contribution in [2.45, 2.75) is 44.9 Å². The predicted octanol–water partition coefficient (Wildman–Crippen LogP) is 2.99. The number of benzene rings is 1. The second kappa shape index (κ2) is 7.51. The van der Waals surface area contributed by atoms with Crippen LogP contribution in [0.15, 0.2) is 42.5 Å². The lowest BCUT2D eigenvalue weighted by Gasteiger charge is -2.27. The van der Waals surface area contributed by atoms with E-state index in [-0.39, 0.29) is 24.8 Å². The summed E-state index contributed by atoms with van der Waals surface area (Å²) in [6, 6.07) is 9.42. The number of amides is 1. The van der Waals surface area contributed by atoms with Gasteiger partial charge >= 0.3 is 6.09 Å². The van der Waals surface area contributed by atoms with Gasteiger partial charge in [-0.1, -0.05) is 30.4 Å². The molecule has 1 amide bonds. The minimum absolute atomic E-state index is 0.0527. The number of aliphatic hydroxyl groups excluding tert-OH is 1. The second-order valence-corrected chi connectivity index (χ2v) is 6.60. The minimum atomic E-state index is -0.541. The number of ether oxygens (including phenoxy) is 2. The molecule has 1 aromatic rings. The van der Waals surface area contributed by atoms with Gasteiger partial charge in [-0.2, -0.15) is 0 Å². The molecule has 23 heavy (non-hydrogen) atoms. The van der Waals surface area contributed by atoms with E-state index in [9.17, 15) is 4.79 Å². The molecule has 2 rings (SSSR count). The molecule has 0 aromatic heterocycles. The quantitative estimate of drug-likeness (QED) is 0.867. The van der Waals surface area contributed by atoms with Crippen molar-refractivity contribution in [3.63, 3.8) is 0 Å². The van der Waals surface area contributed by atoms with Gasteiger partial charge in [0.05, 0.1) is 19.2 Å². The highest BCUT2D eigenvalue weighted by molar-refractivity contribution is 5.69. The first kappa shape index (κ1) is 17.3. The number of likely N-dealkylation sites (tertiary alicyclic amines) is 1. The van der Waals surface area contributed by atoms with Crippen LogP contribution in [0.3, 0.4) is 0 Å². The first-order chi connectivity index (χ1) is 10.9. The van der Waals surface area contributed by atoms with E-state index in [0.29, 0.717) is 13.0 Å². The fourth-order valence-corrected chi connectivity index (χ4v) is 2.53. The average molecular weight is 319 g/mol. The average Bonchev–Trinajstić information content (AvgIpc) is 2.87. The summed E-state index contributed by atoms with van der Waals surface area (Å²) in [7, 11) is 0. The van der Waals surface area contributed by atoms with Crippen molar-refractivity contribution in [3.8, 4) is 5.75 Å². The third-order valence-electron chi connectivity index (χ3n) is 3.44. The number of carbonyl (C=O) groups excluding carboxylic acids is 1. The monoisotopic (exact) mass is 319 g/mol. The molecule has 0 radical (unpaired) electrons. The smallest absolute Gasteiger partial charge is 0.410 e. The van der Waals surface area contributed by atoms with Gasteiger partial charge in [0.25, 0.3) is 0 Å². The molecule has 0 aliphatic carbocycles. The van der Waals surface area contributed by atoms with Gasteiger partial charge in [0, 0.05) is 6.42 Å². The van der Waals surface area contributed by atoms with Crippen LogP contribution in [0, 0.1) is 0 Å². The van der Waals surface area contributed by atoms with Crippen molar-refractivity contribution in [2.75, 3.05) is 13.2 Å². The van der Waals surface area contributed by atoms with Crippen LogP contribution in [-0.4, -0.2) is 47.0 Å². The van der Waals surface area contributed by atoms with Gasteiger partial charge in [-0.25, -0.2) is 4.79 Å². The Morgan fingerprint density at radius 2 is 2.04 bits per heavy atom. The Bertz CT molecular complexity index is 536. The van der Waals surface area contributed by atoms with Crippen molar-refractivity contribution < 1.29 is 19.4 Å². The Hall–Kier alpha value is -2.01. The lowest BCUT2D eigenvalue weighted by Crippen LogP contribution is -2.39. The molecular weight excluding hydrogens is 294 g/mol. The first-order valence-corrected chi connectivity index (χ1v) is 7.88. The molecule has 0 spiro atoms. The number of carbonyl (C=O) groups is 1. The molecule has 1 N–H and O–H groups in total. The van der Waals surface area contributed by atoms with E-state index in [1.807, 2.05) is 57.2 Å². The van der Waals surface area contributed by atoms with E-state index in [1.54, 1.807) is 11.0 Å². The molecule has 0 saturated carbocycles. The van der Waals surface area contributed by atoms with Gasteiger partial charge in [-0.05, 0) is 32.9 Å². The molecule has 1 aliphatic rings. The van der Waals surface area contributed by atoms with Gasteiger partial charge in [-0.3, -0.25) is 4.90 Å². The summed E-state index contributed by atoms with van der Waals surface area (Å²) in [4.78, 5) is 14.0. The van der Waals surface area contributed by atoms with Crippen LogP contribution < -0.4 is 4.74 Å². The maximum Gasteiger partial charge on any atom is 0.410 e. The molecule has 5 nitrogen and oxygen atoms in total. The molecule has 0 unspecified atom stereocenters. The van der Waals surface area contributed by atoms with E-state index < -0.39 is 5.60 Å². The fraction of sp³-hybridized carbons (Fsp3) is 0.500. The van der Waals surface area contributed by atoms with Crippen LogP contribution in [0.4, 0.5) is 4.79 Å². The maximum absolute atomic E-state index is 12.4. The standard InChI is InChI=1S/C18H25NO4/c1-18(2,3)23-17(21)19-13-16(12-14(19)8-7-11-20)22-15-9-5-4-6-10-15/h4-10,14,16,20H,11-13H2,1-3H3/t14-,16+/m1/s1. The van der Waals surface area contributed by atoms with Gasteiger partial charge in [-0.15, -0.1) is 0 Å². The molecule has 126 valence electrons. The third kappa shape index (κ3) is 5.28. The van der Waals surface area contributed by atoms with Crippen LogP contribution >= 0.6 is 0 Å². The summed E-state index contributed by atoms with van der Waals surface area (Å²) in [5.41, 5.74) is -0.541. The molecule has 5 heteroatoms. The summed E-state index contributed by atoms with van der Waals surface area (Å²) in [5.74, 6) is 0.786. The summed E-state index contributed by atoms with van der Waals surface area (Å²) >= 11 is 0. The topological polar surface area (TPSA) is 59.0 Å². The molecule has 1 saturated heterocycles. The molecule has 1 fully saturated rings. The Balaban J connectivity index is 2.06. The van der Waals surface area contributed by atoms with E-state index in [2.05, 4.69) is 0 Å². The SMILES string of the molecule is CC(C)(C)OC(=O)N1C[C@@H](Oc2ccccc2)C[C@H]1C=CCO. The Labute approximate surface area is 137 Å².